The van der Waals surface area contributed by atoms with E-state index in [0.717, 1.165) is 23.1 Å². The van der Waals surface area contributed by atoms with Crippen LogP contribution < -0.4 is 10.4 Å². The number of hydrogen-bond acceptors (Lipinski definition) is 9. The number of hydrogen-bond donors (Lipinski definition) is 1. The quantitative estimate of drug-likeness (QED) is 0.117. The van der Waals surface area contributed by atoms with Crippen molar-refractivity contribution in [2.45, 2.75) is 95.9 Å². The number of ether oxygens (including phenoxy) is 4. The molecule has 0 aliphatic carbocycles. The Morgan fingerprint density at radius 2 is 1.69 bits per heavy atom. The Labute approximate surface area is 304 Å². The van der Waals surface area contributed by atoms with E-state index in [4.69, 9.17) is 23.4 Å². The van der Waals surface area contributed by atoms with E-state index in [1.165, 1.54) is 12.7 Å². The zero-order chi connectivity index (χ0) is 37.0. The number of allylic oxidation sites excluding steroid dienone is 1. The van der Waals surface area contributed by atoms with Gasteiger partial charge in [-0.25, -0.2) is 9.59 Å². The van der Waals surface area contributed by atoms with E-state index in [9.17, 15) is 19.5 Å². The molecule has 7 rings (SSSR count). The summed E-state index contributed by atoms with van der Waals surface area (Å²) in [6.07, 6.45) is 0.571. The monoisotopic (exact) mass is 708 g/mol. The van der Waals surface area contributed by atoms with E-state index >= 15 is 0 Å². The van der Waals surface area contributed by atoms with Gasteiger partial charge in [0, 0.05) is 42.6 Å². The predicted octanol–water partition coefficient (Wildman–Crippen LogP) is 7.66. The van der Waals surface area contributed by atoms with Crippen molar-refractivity contribution in [2.75, 3.05) is 20.3 Å². The van der Waals surface area contributed by atoms with E-state index in [0.29, 0.717) is 53.5 Å². The van der Waals surface area contributed by atoms with Crippen LogP contribution in [0.4, 0.5) is 0 Å². The second-order valence-electron chi connectivity index (χ2n) is 14.6. The summed E-state index contributed by atoms with van der Waals surface area (Å²) >= 11 is 0. The van der Waals surface area contributed by atoms with Gasteiger partial charge in [-0.05, 0) is 101 Å². The van der Waals surface area contributed by atoms with Crippen molar-refractivity contribution in [3.8, 4) is 5.75 Å². The van der Waals surface area contributed by atoms with Crippen LogP contribution >= 0.6 is 0 Å². The average Bonchev–Trinajstić information content (AvgIpc) is 3.11. The lowest BCUT2D eigenvalue weighted by Crippen LogP contribution is -2.52. The maximum absolute atomic E-state index is 14.0. The summed E-state index contributed by atoms with van der Waals surface area (Å²) in [6.45, 7) is 7.44. The minimum absolute atomic E-state index is 0.0496. The molecule has 0 saturated carbocycles. The lowest BCUT2D eigenvalue weighted by molar-refractivity contribution is -0.188. The Kier molecular flexibility index (Phi) is 11.3. The number of aliphatic hydroxyl groups excluding tert-OH is 1. The maximum atomic E-state index is 14.0. The van der Waals surface area contributed by atoms with Crippen molar-refractivity contribution in [1.29, 1.82) is 0 Å². The van der Waals surface area contributed by atoms with Gasteiger partial charge in [-0.2, -0.15) is 0 Å². The molecule has 1 N–H and O–H groups in total. The van der Waals surface area contributed by atoms with Crippen LogP contribution in [0.15, 0.2) is 93.2 Å². The number of carbonyl (C=O) groups is 2. The summed E-state index contributed by atoms with van der Waals surface area (Å²) < 4.78 is 30.5. The Hall–Kier alpha value is -4.73. The van der Waals surface area contributed by atoms with Gasteiger partial charge in [-0.1, -0.05) is 60.2 Å². The Morgan fingerprint density at radius 3 is 2.38 bits per heavy atom. The molecular weight excluding hydrogens is 660 g/mol. The smallest absolute Gasteiger partial charge is 0.339 e. The van der Waals surface area contributed by atoms with Crippen LogP contribution in [0.1, 0.15) is 99.1 Å². The molecular formula is C43H48O9. The topological polar surface area (TPSA) is 122 Å². The zero-order valence-corrected chi connectivity index (χ0v) is 30.6. The van der Waals surface area contributed by atoms with E-state index in [-0.39, 0.29) is 31.1 Å². The third-order valence-electron chi connectivity index (χ3n) is 10.3. The largest absolute Gasteiger partial charge is 0.483 e. The van der Waals surface area contributed by atoms with E-state index in [2.05, 4.69) is 36.4 Å². The minimum atomic E-state index is -1.14. The highest BCUT2D eigenvalue weighted by molar-refractivity contribution is 5.90. The standard InChI is InChI=1S/C43H48O9/c1-26(2)33-18-13-27-11-14-29(15-12-27)30(23-28-9-7-6-8-10-28)17-20-36(45)49-39-37-35(52-43(3,4)40(39)51-41(33)46)19-16-31-24-34(42(47)50-38(31)37)32(21-22-44)25-48-5/h6-12,14-16,19,24,30,32,39-40,44H,13,17-18,20-23,25H2,1-5H3/t30-,32-,39+,40+/m1/s1. The molecule has 4 heterocycles. The van der Waals surface area contributed by atoms with Gasteiger partial charge in [0.2, 0.25) is 0 Å². The van der Waals surface area contributed by atoms with Gasteiger partial charge in [0.1, 0.15) is 16.9 Å². The van der Waals surface area contributed by atoms with Crippen molar-refractivity contribution in [3.63, 3.8) is 0 Å². The fraction of sp³-hybridized carbons (Fsp3) is 0.419. The summed E-state index contributed by atoms with van der Waals surface area (Å²) in [4.78, 5) is 41.6. The van der Waals surface area contributed by atoms with Gasteiger partial charge in [-0.15, -0.1) is 0 Å². The molecule has 274 valence electrons. The molecule has 9 heteroatoms. The second-order valence-corrected chi connectivity index (χ2v) is 14.6. The van der Waals surface area contributed by atoms with Gasteiger partial charge in [-0.3, -0.25) is 4.79 Å². The molecule has 1 aromatic heterocycles. The third-order valence-corrected chi connectivity index (χ3v) is 10.3. The zero-order valence-electron chi connectivity index (χ0n) is 30.6. The number of fused-ring (bicyclic) bond motifs is 13. The number of aliphatic hydroxyl groups is 1. The van der Waals surface area contributed by atoms with E-state index in [1.54, 1.807) is 32.0 Å². The fourth-order valence-corrected chi connectivity index (χ4v) is 7.46. The number of benzene rings is 3. The van der Waals surface area contributed by atoms with Crippen molar-refractivity contribution < 1.29 is 38.1 Å². The molecule has 2 bridgehead atoms. The first-order valence-electron chi connectivity index (χ1n) is 18.1. The number of rotatable bonds is 7. The highest BCUT2D eigenvalue weighted by Gasteiger charge is 2.50. The first kappa shape index (κ1) is 37.0. The van der Waals surface area contributed by atoms with Crippen LogP contribution in [0.2, 0.25) is 0 Å². The molecule has 0 fully saturated rings. The molecule has 4 atom stereocenters. The first-order valence-corrected chi connectivity index (χ1v) is 18.1. The normalized spacial score (nSPS) is 21.0. The van der Waals surface area contributed by atoms with Crippen LogP contribution in [-0.4, -0.2) is 49.1 Å². The van der Waals surface area contributed by atoms with Crippen molar-refractivity contribution in [2.24, 2.45) is 0 Å². The summed E-state index contributed by atoms with van der Waals surface area (Å²) in [5, 5.41) is 10.2. The van der Waals surface area contributed by atoms with Crippen molar-refractivity contribution >= 4 is 22.9 Å². The Balaban J connectivity index is 1.45. The molecule has 3 aromatic carbocycles. The predicted molar refractivity (Wildman–Crippen MR) is 197 cm³/mol. The molecule has 0 spiro atoms. The first-order chi connectivity index (χ1) is 25.0. The molecule has 4 aromatic rings. The molecule has 0 radical (unpaired) electrons. The van der Waals surface area contributed by atoms with Gasteiger partial charge >= 0.3 is 17.6 Å². The highest BCUT2D eigenvalue weighted by Crippen LogP contribution is 2.47. The molecule has 0 amide bonds. The second kappa shape index (κ2) is 15.9. The lowest BCUT2D eigenvalue weighted by Gasteiger charge is -2.43. The van der Waals surface area contributed by atoms with E-state index in [1.807, 2.05) is 32.0 Å². The summed E-state index contributed by atoms with van der Waals surface area (Å²) in [6, 6.07) is 23.9. The number of methoxy groups -OCH3 is 1. The molecule has 0 unspecified atom stereocenters. The van der Waals surface area contributed by atoms with Crippen molar-refractivity contribution in [3.05, 3.63) is 122 Å². The molecule has 3 aliphatic heterocycles. The molecule has 9 nitrogen and oxygen atoms in total. The van der Waals surface area contributed by atoms with E-state index < -0.39 is 41.3 Å². The maximum Gasteiger partial charge on any atom is 0.339 e. The van der Waals surface area contributed by atoms with Gasteiger partial charge in [0.25, 0.3) is 0 Å². The van der Waals surface area contributed by atoms with Crippen LogP contribution in [0.3, 0.4) is 0 Å². The number of esters is 2. The van der Waals surface area contributed by atoms with Gasteiger partial charge in [0.05, 0.1) is 12.2 Å². The molecule has 3 aliphatic rings. The van der Waals surface area contributed by atoms with Crippen LogP contribution in [0.5, 0.6) is 5.75 Å². The molecule has 0 saturated heterocycles. The highest BCUT2D eigenvalue weighted by atomic mass is 16.6. The van der Waals surface area contributed by atoms with Gasteiger partial charge < -0.3 is 28.5 Å². The Bertz CT molecular complexity index is 1980. The van der Waals surface area contributed by atoms with Crippen LogP contribution in [0.25, 0.3) is 11.0 Å². The third kappa shape index (κ3) is 8.01. The average molecular weight is 709 g/mol. The Morgan fingerprint density at radius 1 is 0.942 bits per heavy atom. The number of aryl methyl sites for hydroxylation is 1. The van der Waals surface area contributed by atoms with Crippen LogP contribution in [-0.2, 0) is 36.6 Å². The van der Waals surface area contributed by atoms with Crippen LogP contribution in [0, 0.1) is 0 Å². The summed E-state index contributed by atoms with van der Waals surface area (Å²) in [5.41, 5.74) is 3.90. The fourth-order valence-electron chi connectivity index (χ4n) is 7.46. The summed E-state index contributed by atoms with van der Waals surface area (Å²) in [5.74, 6) is -0.973. The van der Waals surface area contributed by atoms with Crippen molar-refractivity contribution in [1.82, 2.24) is 0 Å². The SMILES string of the molecule is COC[C@@H](CCO)c1cc2ccc3c(c2oc1=O)[C@@H]1OC(=O)CC[C@H](Cc2ccccc2)c2ccc(cc2)CCC(=C(C)C)C(=O)O[C@@H]1C(C)(C)O3. The lowest BCUT2D eigenvalue weighted by atomic mass is 9.86. The van der Waals surface area contributed by atoms with Gasteiger partial charge in [0.15, 0.2) is 12.2 Å². The molecule has 52 heavy (non-hydrogen) atoms. The summed E-state index contributed by atoms with van der Waals surface area (Å²) in [7, 11) is 1.54. The minimum Gasteiger partial charge on any atom is -0.483 e. The number of carbonyl (C=O) groups excluding carboxylic acids is 2.